The first-order chi connectivity index (χ1) is 9.93. The van der Waals surface area contributed by atoms with Gasteiger partial charge in [-0.25, -0.2) is 0 Å². The molecular weight excluding hydrogens is 264 g/mol. The van der Waals surface area contributed by atoms with Crippen molar-refractivity contribution in [3.05, 3.63) is 52.6 Å². The van der Waals surface area contributed by atoms with Crippen LogP contribution in [0.3, 0.4) is 0 Å². The molecule has 0 saturated carbocycles. The van der Waals surface area contributed by atoms with Gasteiger partial charge in [0.2, 0.25) is 0 Å². The first-order valence-corrected chi connectivity index (χ1v) is 6.80. The molecule has 2 aromatic rings. The van der Waals surface area contributed by atoms with Crippen LogP contribution in [-0.2, 0) is 0 Å². The van der Waals surface area contributed by atoms with Gasteiger partial charge in [0.25, 0.3) is 5.91 Å². The smallest absolute Gasteiger partial charge is 0.251 e. The summed E-state index contributed by atoms with van der Waals surface area (Å²) in [7, 11) is 1.59. The molecule has 1 amide bonds. The largest absolute Gasteiger partial charge is 0.455 e. The normalized spacial score (nSPS) is 10.3. The highest BCUT2D eigenvalue weighted by Crippen LogP contribution is 2.34. The first-order valence-electron chi connectivity index (χ1n) is 6.80. The van der Waals surface area contributed by atoms with Gasteiger partial charge in [-0.2, -0.15) is 0 Å². The van der Waals surface area contributed by atoms with E-state index in [2.05, 4.69) is 11.4 Å². The Bertz CT molecular complexity index is 693. The van der Waals surface area contributed by atoms with Gasteiger partial charge in [0, 0.05) is 12.6 Å². The van der Waals surface area contributed by atoms with E-state index in [-0.39, 0.29) is 5.91 Å². The highest BCUT2D eigenvalue weighted by molar-refractivity contribution is 5.95. The van der Waals surface area contributed by atoms with E-state index in [1.54, 1.807) is 25.2 Å². The number of carbonyl (C=O) groups excluding carboxylic acids is 1. The monoisotopic (exact) mass is 284 g/mol. The lowest BCUT2D eigenvalue weighted by atomic mass is 10.1. The SMILES string of the molecule is CNC(=O)c1ccc(N)c(Oc2c(C)ccc(C)c2C)c1. The number of benzene rings is 2. The maximum absolute atomic E-state index is 11.7. The van der Waals surface area contributed by atoms with Crippen molar-refractivity contribution in [1.82, 2.24) is 5.32 Å². The lowest BCUT2D eigenvalue weighted by Gasteiger charge is -2.15. The maximum Gasteiger partial charge on any atom is 0.251 e. The quantitative estimate of drug-likeness (QED) is 0.850. The lowest BCUT2D eigenvalue weighted by molar-refractivity contribution is 0.0963. The number of hydrogen-bond donors (Lipinski definition) is 2. The van der Waals surface area contributed by atoms with Gasteiger partial charge in [-0.05, 0) is 55.7 Å². The van der Waals surface area contributed by atoms with Crippen LogP contribution in [0.2, 0.25) is 0 Å². The van der Waals surface area contributed by atoms with Crippen molar-refractivity contribution in [2.45, 2.75) is 20.8 Å². The van der Waals surface area contributed by atoms with Crippen molar-refractivity contribution >= 4 is 11.6 Å². The van der Waals surface area contributed by atoms with Crippen molar-refractivity contribution in [3.63, 3.8) is 0 Å². The Morgan fingerprint density at radius 3 is 2.43 bits per heavy atom. The summed E-state index contributed by atoms with van der Waals surface area (Å²) in [6.07, 6.45) is 0. The van der Waals surface area contributed by atoms with Crippen molar-refractivity contribution in [1.29, 1.82) is 0 Å². The van der Waals surface area contributed by atoms with Crippen LogP contribution in [0.25, 0.3) is 0 Å². The number of ether oxygens (including phenoxy) is 1. The van der Waals surface area contributed by atoms with Gasteiger partial charge in [0.1, 0.15) is 5.75 Å². The second-order valence-corrected chi connectivity index (χ2v) is 5.09. The average molecular weight is 284 g/mol. The second-order valence-electron chi connectivity index (χ2n) is 5.09. The Morgan fingerprint density at radius 2 is 1.76 bits per heavy atom. The fourth-order valence-electron chi connectivity index (χ4n) is 2.10. The number of nitrogen functional groups attached to an aromatic ring is 1. The zero-order chi connectivity index (χ0) is 15.6. The highest BCUT2D eigenvalue weighted by Gasteiger charge is 2.12. The van der Waals surface area contributed by atoms with E-state index in [0.29, 0.717) is 17.0 Å². The van der Waals surface area contributed by atoms with Crippen LogP contribution in [0.1, 0.15) is 27.0 Å². The van der Waals surface area contributed by atoms with Crippen molar-refractivity contribution in [3.8, 4) is 11.5 Å². The summed E-state index contributed by atoms with van der Waals surface area (Å²) in [4.78, 5) is 11.7. The molecule has 2 aromatic carbocycles. The van der Waals surface area contributed by atoms with Gasteiger partial charge in [0.05, 0.1) is 5.69 Å². The van der Waals surface area contributed by atoms with E-state index in [0.717, 1.165) is 22.4 Å². The number of amides is 1. The van der Waals surface area contributed by atoms with Crippen LogP contribution in [0.4, 0.5) is 5.69 Å². The summed E-state index contributed by atoms with van der Waals surface area (Å²) >= 11 is 0. The first kappa shape index (κ1) is 14.9. The zero-order valence-corrected chi connectivity index (χ0v) is 12.8. The highest BCUT2D eigenvalue weighted by atomic mass is 16.5. The third kappa shape index (κ3) is 2.99. The molecule has 0 aliphatic rings. The van der Waals surface area contributed by atoms with Crippen molar-refractivity contribution in [2.75, 3.05) is 12.8 Å². The van der Waals surface area contributed by atoms with E-state index in [9.17, 15) is 4.79 Å². The zero-order valence-electron chi connectivity index (χ0n) is 12.8. The van der Waals surface area contributed by atoms with Crippen LogP contribution in [-0.4, -0.2) is 13.0 Å². The van der Waals surface area contributed by atoms with Gasteiger partial charge in [-0.15, -0.1) is 0 Å². The van der Waals surface area contributed by atoms with Crippen molar-refractivity contribution in [2.24, 2.45) is 0 Å². The number of anilines is 1. The molecule has 0 saturated heterocycles. The number of nitrogens with two attached hydrogens (primary N) is 1. The molecule has 2 rings (SSSR count). The van der Waals surface area contributed by atoms with E-state index < -0.39 is 0 Å². The predicted octanol–water partition coefficient (Wildman–Crippen LogP) is 3.35. The Morgan fingerprint density at radius 1 is 1.10 bits per heavy atom. The lowest BCUT2D eigenvalue weighted by Crippen LogP contribution is -2.17. The Hall–Kier alpha value is -2.49. The molecule has 0 aromatic heterocycles. The van der Waals surface area contributed by atoms with Crippen LogP contribution in [0.15, 0.2) is 30.3 Å². The topological polar surface area (TPSA) is 64.4 Å². The average Bonchev–Trinajstić information content (AvgIpc) is 2.48. The predicted molar refractivity (Wildman–Crippen MR) is 85.0 cm³/mol. The molecule has 0 aliphatic heterocycles. The van der Waals surface area contributed by atoms with Crippen LogP contribution < -0.4 is 15.8 Å². The van der Waals surface area contributed by atoms with E-state index in [1.165, 1.54) is 0 Å². The van der Waals surface area contributed by atoms with E-state index in [4.69, 9.17) is 10.5 Å². The molecule has 21 heavy (non-hydrogen) atoms. The standard InChI is InChI=1S/C17H20N2O2/c1-10-5-6-11(2)16(12(10)3)21-15-9-13(17(20)19-4)7-8-14(15)18/h5-9H,18H2,1-4H3,(H,19,20). The number of nitrogens with one attached hydrogen (secondary N) is 1. The molecule has 0 spiro atoms. The summed E-state index contributed by atoms with van der Waals surface area (Å²) in [5.74, 6) is 1.11. The summed E-state index contributed by atoms with van der Waals surface area (Å²) in [5.41, 5.74) is 10.2. The summed E-state index contributed by atoms with van der Waals surface area (Å²) in [6.45, 7) is 6.03. The molecule has 0 aliphatic carbocycles. The molecule has 4 heteroatoms. The molecule has 0 atom stereocenters. The molecule has 0 radical (unpaired) electrons. The van der Waals surface area contributed by atoms with Crippen LogP contribution in [0.5, 0.6) is 11.5 Å². The fourth-order valence-corrected chi connectivity index (χ4v) is 2.10. The number of hydrogen-bond acceptors (Lipinski definition) is 3. The summed E-state index contributed by atoms with van der Waals surface area (Å²) in [5, 5.41) is 2.59. The maximum atomic E-state index is 11.7. The molecule has 3 N–H and O–H groups in total. The minimum Gasteiger partial charge on any atom is -0.455 e. The number of carbonyl (C=O) groups is 1. The van der Waals surface area contributed by atoms with Gasteiger partial charge >= 0.3 is 0 Å². The summed E-state index contributed by atoms with van der Waals surface area (Å²) in [6, 6.07) is 9.09. The molecule has 0 bridgehead atoms. The van der Waals surface area contributed by atoms with E-state index in [1.807, 2.05) is 26.8 Å². The second kappa shape index (κ2) is 5.87. The third-order valence-corrected chi connectivity index (χ3v) is 3.59. The third-order valence-electron chi connectivity index (χ3n) is 3.59. The minimum atomic E-state index is -0.169. The molecule has 110 valence electrons. The molecule has 0 heterocycles. The molecule has 4 nitrogen and oxygen atoms in total. The molecular formula is C17H20N2O2. The minimum absolute atomic E-state index is 0.169. The van der Waals surface area contributed by atoms with Crippen molar-refractivity contribution < 1.29 is 9.53 Å². The van der Waals surface area contributed by atoms with Gasteiger partial charge < -0.3 is 15.8 Å². The van der Waals surface area contributed by atoms with Crippen LogP contribution >= 0.6 is 0 Å². The van der Waals surface area contributed by atoms with Gasteiger partial charge in [0.15, 0.2) is 5.75 Å². The Labute approximate surface area is 124 Å². The van der Waals surface area contributed by atoms with E-state index >= 15 is 0 Å². The van der Waals surface area contributed by atoms with Crippen LogP contribution in [0, 0.1) is 20.8 Å². The molecule has 0 fully saturated rings. The van der Waals surface area contributed by atoms with Gasteiger partial charge in [-0.1, -0.05) is 12.1 Å². The number of rotatable bonds is 3. The summed E-state index contributed by atoms with van der Waals surface area (Å²) < 4.78 is 5.98. The Kier molecular flexibility index (Phi) is 4.17. The fraction of sp³-hybridized carbons (Fsp3) is 0.235. The Balaban J connectivity index is 2.45. The molecule has 0 unspecified atom stereocenters. The van der Waals surface area contributed by atoms with Gasteiger partial charge in [-0.3, -0.25) is 4.79 Å². The number of aryl methyl sites for hydroxylation is 2.